The Bertz CT molecular complexity index is 310. The summed E-state index contributed by atoms with van der Waals surface area (Å²) in [5.74, 6) is -0.110. The minimum absolute atomic E-state index is 0.110. The highest BCUT2D eigenvalue weighted by Crippen LogP contribution is 2.05. The first kappa shape index (κ1) is 10.9. The van der Waals surface area contributed by atoms with E-state index in [9.17, 15) is 4.79 Å². The topological polar surface area (TPSA) is 53.2 Å². The van der Waals surface area contributed by atoms with Crippen LogP contribution in [0.3, 0.4) is 0 Å². The molecule has 0 aliphatic carbocycles. The second-order valence-corrected chi connectivity index (χ2v) is 3.75. The lowest BCUT2D eigenvalue weighted by Crippen LogP contribution is -2.46. The molecule has 0 radical (unpaired) electrons. The van der Waals surface area contributed by atoms with E-state index in [4.69, 9.17) is 12.2 Å². The molecular weight excluding hydrogens is 218 g/mol. The number of thiophene rings is 1. The van der Waals surface area contributed by atoms with Crippen LogP contribution in [0, 0.1) is 0 Å². The lowest BCUT2D eigenvalue weighted by molar-refractivity contribution is -0.121. The molecule has 0 saturated heterocycles. The van der Waals surface area contributed by atoms with Crippen molar-refractivity contribution in [2.75, 3.05) is 7.05 Å². The molecule has 1 rings (SSSR count). The number of nitrogens with one attached hydrogen (secondary N) is 3. The van der Waals surface area contributed by atoms with E-state index in [1.807, 2.05) is 16.8 Å². The highest BCUT2D eigenvalue weighted by atomic mass is 32.1. The number of hydrazine groups is 1. The predicted octanol–water partition coefficient (Wildman–Crippen LogP) is 0.416. The van der Waals surface area contributed by atoms with Crippen LogP contribution < -0.4 is 16.2 Å². The second kappa shape index (κ2) is 5.56. The van der Waals surface area contributed by atoms with Gasteiger partial charge in [-0.2, -0.15) is 11.3 Å². The van der Waals surface area contributed by atoms with E-state index in [1.54, 1.807) is 18.4 Å². The van der Waals surface area contributed by atoms with Crippen LogP contribution in [-0.2, 0) is 11.2 Å². The van der Waals surface area contributed by atoms with Gasteiger partial charge in [-0.3, -0.25) is 15.6 Å². The van der Waals surface area contributed by atoms with Crippen molar-refractivity contribution in [3.05, 3.63) is 22.4 Å². The van der Waals surface area contributed by atoms with Crippen molar-refractivity contribution in [3.63, 3.8) is 0 Å². The standard InChI is InChI=1S/C8H11N3OS2/c1-9-8(13)11-10-7(12)4-6-2-3-14-5-6/h2-3,5H,4H2,1H3,(H,10,12)(H2,9,11,13). The zero-order valence-corrected chi connectivity index (χ0v) is 9.30. The molecule has 1 amide bonds. The maximum atomic E-state index is 11.3. The minimum atomic E-state index is -0.110. The number of hydrogen-bond acceptors (Lipinski definition) is 3. The largest absolute Gasteiger partial charge is 0.364 e. The molecule has 0 unspecified atom stereocenters. The van der Waals surface area contributed by atoms with Crippen molar-refractivity contribution in [1.29, 1.82) is 0 Å². The zero-order chi connectivity index (χ0) is 10.4. The minimum Gasteiger partial charge on any atom is -0.364 e. The normalized spacial score (nSPS) is 9.21. The van der Waals surface area contributed by atoms with E-state index in [0.717, 1.165) is 5.56 Å². The van der Waals surface area contributed by atoms with E-state index in [-0.39, 0.29) is 5.91 Å². The van der Waals surface area contributed by atoms with Gasteiger partial charge in [0, 0.05) is 7.05 Å². The summed E-state index contributed by atoms with van der Waals surface area (Å²) < 4.78 is 0. The van der Waals surface area contributed by atoms with Gasteiger partial charge in [0.05, 0.1) is 6.42 Å². The van der Waals surface area contributed by atoms with Crippen LogP contribution in [-0.4, -0.2) is 18.1 Å². The van der Waals surface area contributed by atoms with Crippen LogP contribution >= 0.6 is 23.6 Å². The quantitative estimate of drug-likeness (QED) is 0.508. The molecule has 1 aromatic heterocycles. The van der Waals surface area contributed by atoms with Crippen LogP contribution in [0.1, 0.15) is 5.56 Å². The summed E-state index contributed by atoms with van der Waals surface area (Å²) in [5, 5.41) is 6.96. The number of hydrogen-bond donors (Lipinski definition) is 3. The molecule has 0 atom stereocenters. The Kier molecular flexibility index (Phi) is 4.34. The van der Waals surface area contributed by atoms with Crippen molar-refractivity contribution < 1.29 is 4.79 Å². The van der Waals surface area contributed by atoms with E-state index in [0.29, 0.717) is 11.5 Å². The molecular formula is C8H11N3OS2. The van der Waals surface area contributed by atoms with Gasteiger partial charge in [0.25, 0.3) is 0 Å². The Morgan fingerprint density at radius 3 is 2.93 bits per heavy atom. The third-order valence-corrected chi connectivity index (χ3v) is 2.53. The zero-order valence-electron chi connectivity index (χ0n) is 7.66. The Morgan fingerprint density at radius 2 is 2.36 bits per heavy atom. The lowest BCUT2D eigenvalue weighted by Gasteiger charge is -2.07. The van der Waals surface area contributed by atoms with Crippen LogP contribution in [0.5, 0.6) is 0 Å². The fourth-order valence-corrected chi connectivity index (χ4v) is 1.53. The van der Waals surface area contributed by atoms with Gasteiger partial charge in [-0.05, 0) is 34.6 Å². The smallest absolute Gasteiger partial charge is 0.242 e. The molecule has 1 aromatic rings. The summed E-state index contributed by atoms with van der Waals surface area (Å²) in [4.78, 5) is 11.3. The Balaban J connectivity index is 2.26. The lowest BCUT2D eigenvalue weighted by atomic mass is 10.2. The predicted molar refractivity (Wildman–Crippen MR) is 61.0 cm³/mol. The molecule has 6 heteroatoms. The number of rotatable bonds is 2. The molecule has 1 heterocycles. The SMILES string of the molecule is CNC(=S)NNC(=O)Cc1ccsc1. The van der Waals surface area contributed by atoms with Gasteiger partial charge in [-0.15, -0.1) is 0 Å². The first-order valence-electron chi connectivity index (χ1n) is 4.00. The summed E-state index contributed by atoms with van der Waals surface area (Å²) in [5.41, 5.74) is 6.06. The fraction of sp³-hybridized carbons (Fsp3) is 0.250. The summed E-state index contributed by atoms with van der Waals surface area (Å²) in [7, 11) is 1.68. The van der Waals surface area contributed by atoms with Crippen molar-refractivity contribution in [2.24, 2.45) is 0 Å². The van der Waals surface area contributed by atoms with E-state index in [2.05, 4.69) is 16.2 Å². The van der Waals surface area contributed by atoms with Gasteiger partial charge in [0.2, 0.25) is 5.91 Å². The van der Waals surface area contributed by atoms with Crippen LogP contribution in [0.4, 0.5) is 0 Å². The first-order valence-corrected chi connectivity index (χ1v) is 5.35. The summed E-state index contributed by atoms with van der Waals surface area (Å²) in [6.07, 6.45) is 0.364. The maximum absolute atomic E-state index is 11.3. The van der Waals surface area contributed by atoms with Gasteiger partial charge in [0.15, 0.2) is 5.11 Å². The molecule has 76 valence electrons. The average molecular weight is 229 g/mol. The third kappa shape index (κ3) is 3.71. The molecule has 0 aromatic carbocycles. The molecule has 14 heavy (non-hydrogen) atoms. The molecule has 0 fully saturated rings. The molecule has 0 aliphatic rings. The van der Waals surface area contributed by atoms with Gasteiger partial charge in [-0.1, -0.05) is 0 Å². The number of thiocarbonyl (C=S) groups is 1. The molecule has 4 nitrogen and oxygen atoms in total. The summed E-state index contributed by atoms with van der Waals surface area (Å²) >= 11 is 6.36. The maximum Gasteiger partial charge on any atom is 0.242 e. The Labute approximate surface area is 91.7 Å². The second-order valence-electron chi connectivity index (χ2n) is 2.56. The van der Waals surface area contributed by atoms with Gasteiger partial charge in [0.1, 0.15) is 0 Å². The van der Waals surface area contributed by atoms with Crippen molar-refractivity contribution in [1.82, 2.24) is 16.2 Å². The highest BCUT2D eigenvalue weighted by molar-refractivity contribution is 7.80. The first-order chi connectivity index (χ1) is 6.72. The molecule has 0 bridgehead atoms. The number of carbonyl (C=O) groups excluding carboxylic acids is 1. The molecule has 0 spiro atoms. The average Bonchev–Trinajstić information content (AvgIpc) is 2.66. The van der Waals surface area contributed by atoms with Crippen LogP contribution in [0.25, 0.3) is 0 Å². The Morgan fingerprint density at radius 1 is 1.57 bits per heavy atom. The van der Waals surface area contributed by atoms with E-state index >= 15 is 0 Å². The van der Waals surface area contributed by atoms with Gasteiger partial charge < -0.3 is 5.32 Å². The molecule has 0 aliphatic heterocycles. The van der Waals surface area contributed by atoms with Crippen molar-refractivity contribution >= 4 is 34.6 Å². The van der Waals surface area contributed by atoms with Crippen molar-refractivity contribution in [2.45, 2.75) is 6.42 Å². The number of amides is 1. The highest BCUT2D eigenvalue weighted by Gasteiger charge is 2.02. The Hall–Kier alpha value is -1.14. The monoisotopic (exact) mass is 229 g/mol. The third-order valence-electron chi connectivity index (χ3n) is 1.49. The van der Waals surface area contributed by atoms with Crippen LogP contribution in [0.15, 0.2) is 16.8 Å². The fourth-order valence-electron chi connectivity index (χ4n) is 0.812. The molecule has 0 saturated carbocycles. The van der Waals surface area contributed by atoms with E-state index < -0.39 is 0 Å². The van der Waals surface area contributed by atoms with E-state index in [1.165, 1.54) is 0 Å². The van der Waals surface area contributed by atoms with Crippen molar-refractivity contribution in [3.8, 4) is 0 Å². The van der Waals surface area contributed by atoms with Gasteiger partial charge in [-0.25, -0.2) is 0 Å². The molecule has 3 N–H and O–H groups in total. The summed E-state index contributed by atoms with van der Waals surface area (Å²) in [6, 6.07) is 1.92. The van der Waals surface area contributed by atoms with Crippen LogP contribution in [0.2, 0.25) is 0 Å². The number of carbonyl (C=O) groups is 1. The van der Waals surface area contributed by atoms with Gasteiger partial charge >= 0.3 is 0 Å². The summed E-state index contributed by atoms with van der Waals surface area (Å²) in [6.45, 7) is 0.